The number of benzene rings is 2. The monoisotopic (exact) mass is 475 g/mol. The van der Waals surface area contributed by atoms with Crippen LogP contribution in [0.5, 0.6) is 0 Å². The van der Waals surface area contributed by atoms with E-state index in [9.17, 15) is 26.3 Å². The van der Waals surface area contributed by atoms with Gasteiger partial charge in [-0.2, -0.15) is 26.3 Å². The molecule has 1 saturated heterocycles. The molecule has 1 fully saturated rings. The molecule has 2 aromatic rings. The van der Waals surface area contributed by atoms with Gasteiger partial charge in [-0.05, 0) is 62.7 Å². The Morgan fingerprint density at radius 2 is 1.55 bits per heavy atom. The van der Waals surface area contributed by atoms with E-state index in [2.05, 4.69) is 0 Å². The molecule has 0 unspecified atom stereocenters. The summed E-state index contributed by atoms with van der Waals surface area (Å²) in [5.41, 5.74) is -1.99. The molecule has 1 aliphatic rings. The van der Waals surface area contributed by atoms with Gasteiger partial charge in [0, 0.05) is 12.5 Å². The fraction of sp³-hybridized carbons (Fsp3) is 0.500. The zero-order chi connectivity index (χ0) is 24.4. The lowest BCUT2D eigenvalue weighted by Gasteiger charge is -2.40. The summed E-state index contributed by atoms with van der Waals surface area (Å²) in [5.74, 6) is -0.0849. The minimum atomic E-state index is -4.92. The van der Waals surface area contributed by atoms with Crippen LogP contribution < -0.4 is 0 Å². The highest BCUT2D eigenvalue weighted by Crippen LogP contribution is 2.41. The van der Waals surface area contributed by atoms with Gasteiger partial charge in [0.05, 0.1) is 23.8 Å². The van der Waals surface area contributed by atoms with E-state index >= 15 is 0 Å². The molecule has 4 atom stereocenters. The van der Waals surface area contributed by atoms with Crippen molar-refractivity contribution in [3.8, 4) is 0 Å². The van der Waals surface area contributed by atoms with E-state index in [4.69, 9.17) is 9.47 Å². The fourth-order valence-electron chi connectivity index (χ4n) is 4.24. The van der Waals surface area contributed by atoms with E-state index in [0.29, 0.717) is 18.7 Å². The van der Waals surface area contributed by atoms with Crippen LogP contribution in [0.2, 0.25) is 0 Å². The molecule has 182 valence electrons. The van der Waals surface area contributed by atoms with E-state index < -0.39 is 35.9 Å². The molecule has 0 aromatic heterocycles. The van der Waals surface area contributed by atoms with Crippen molar-refractivity contribution < 1.29 is 35.8 Å². The predicted octanol–water partition coefficient (Wildman–Crippen LogP) is 6.51. The molecule has 0 bridgehead atoms. The largest absolute Gasteiger partial charge is 0.416 e. The summed E-state index contributed by atoms with van der Waals surface area (Å²) in [5, 5.41) is 0. The minimum Gasteiger partial charge on any atom is -0.352 e. The zero-order valence-electron chi connectivity index (χ0n) is 18.6. The number of hydrogen-bond donors (Lipinski definition) is 0. The molecule has 3 nitrogen and oxygen atoms in total. The number of hydrogen-bond acceptors (Lipinski definition) is 3. The van der Waals surface area contributed by atoms with Crippen LogP contribution in [-0.4, -0.2) is 38.4 Å². The Bertz CT molecular complexity index is 881. The van der Waals surface area contributed by atoms with Crippen molar-refractivity contribution in [2.24, 2.45) is 5.92 Å². The summed E-state index contributed by atoms with van der Waals surface area (Å²) in [6, 6.07) is 11.0. The second-order valence-electron chi connectivity index (χ2n) is 8.60. The summed E-state index contributed by atoms with van der Waals surface area (Å²) in [6.07, 6.45) is -10.9. The maximum Gasteiger partial charge on any atom is 0.416 e. The molecule has 33 heavy (non-hydrogen) atoms. The van der Waals surface area contributed by atoms with Crippen LogP contribution in [0.15, 0.2) is 48.5 Å². The minimum absolute atomic E-state index is 0.118. The highest BCUT2D eigenvalue weighted by molar-refractivity contribution is 5.34. The summed E-state index contributed by atoms with van der Waals surface area (Å²) in [4.78, 5) is 2.04. The quantitative estimate of drug-likeness (QED) is 0.445. The molecular formula is C24H27F6NO2. The molecule has 0 aliphatic carbocycles. The topological polar surface area (TPSA) is 21.7 Å². The number of halogens is 6. The molecule has 0 saturated carbocycles. The molecule has 1 aliphatic heterocycles. The smallest absolute Gasteiger partial charge is 0.352 e. The number of alkyl halides is 6. The SMILES string of the molecule is C[C@@H](O[C@H]1OCC[C@H](CN(C)C)[C@H]1c1ccccc1)c1cc(C(F)(F)F)cc(C(F)(F)F)c1. The Morgan fingerprint density at radius 3 is 2.06 bits per heavy atom. The average Bonchev–Trinajstić information content (AvgIpc) is 2.72. The Morgan fingerprint density at radius 1 is 0.970 bits per heavy atom. The first kappa shape index (κ1) is 25.5. The maximum atomic E-state index is 13.3. The lowest BCUT2D eigenvalue weighted by molar-refractivity contribution is -0.210. The van der Waals surface area contributed by atoms with Crippen molar-refractivity contribution in [2.75, 3.05) is 27.2 Å². The molecule has 3 rings (SSSR count). The van der Waals surface area contributed by atoms with Gasteiger partial charge in [0.2, 0.25) is 0 Å². The van der Waals surface area contributed by atoms with Gasteiger partial charge in [0.1, 0.15) is 0 Å². The van der Waals surface area contributed by atoms with Gasteiger partial charge in [0.25, 0.3) is 0 Å². The van der Waals surface area contributed by atoms with Gasteiger partial charge in [-0.1, -0.05) is 30.3 Å². The van der Waals surface area contributed by atoms with Crippen molar-refractivity contribution in [1.82, 2.24) is 4.90 Å². The van der Waals surface area contributed by atoms with Gasteiger partial charge >= 0.3 is 12.4 Å². The first-order valence-corrected chi connectivity index (χ1v) is 10.6. The van der Waals surface area contributed by atoms with Gasteiger partial charge < -0.3 is 14.4 Å². The third-order valence-corrected chi connectivity index (χ3v) is 5.77. The van der Waals surface area contributed by atoms with Crippen molar-refractivity contribution in [3.63, 3.8) is 0 Å². The van der Waals surface area contributed by atoms with Crippen LogP contribution >= 0.6 is 0 Å². The van der Waals surface area contributed by atoms with E-state index in [0.717, 1.165) is 18.5 Å². The van der Waals surface area contributed by atoms with Crippen LogP contribution in [0.25, 0.3) is 0 Å². The van der Waals surface area contributed by atoms with E-state index in [1.165, 1.54) is 6.92 Å². The molecule has 1 heterocycles. The lowest BCUT2D eigenvalue weighted by atomic mass is 9.81. The summed E-state index contributed by atoms with van der Waals surface area (Å²) in [7, 11) is 3.88. The highest BCUT2D eigenvalue weighted by atomic mass is 19.4. The van der Waals surface area contributed by atoms with Crippen LogP contribution in [-0.2, 0) is 21.8 Å². The van der Waals surface area contributed by atoms with Crippen molar-refractivity contribution in [1.29, 1.82) is 0 Å². The zero-order valence-corrected chi connectivity index (χ0v) is 18.6. The number of rotatable bonds is 6. The van der Waals surface area contributed by atoms with Crippen molar-refractivity contribution >= 4 is 0 Å². The highest BCUT2D eigenvalue weighted by Gasteiger charge is 2.40. The summed E-state index contributed by atoms with van der Waals surface area (Å²) >= 11 is 0. The first-order valence-electron chi connectivity index (χ1n) is 10.6. The number of ether oxygens (including phenoxy) is 2. The second kappa shape index (κ2) is 10.0. The lowest BCUT2D eigenvalue weighted by Crippen LogP contribution is -2.41. The normalized spacial score (nSPS) is 23.0. The molecular weight excluding hydrogens is 448 g/mol. The third-order valence-electron chi connectivity index (χ3n) is 5.77. The van der Waals surface area contributed by atoms with Crippen LogP contribution in [0.3, 0.4) is 0 Å². The summed E-state index contributed by atoms with van der Waals surface area (Å²) < 4.78 is 91.5. The first-order chi connectivity index (χ1) is 15.4. The van der Waals surface area contributed by atoms with Gasteiger partial charge in [-0.15, -0.1) is 0 Å². The third kappa shape index (κ3) is 6.49. The standard InChI is InChI=1S/C24H27F6NO2/c1-15(18-11-19(23(25,26)27)13-20(12-18)24(28,29)30)33-22-21(16-7-5-4-6-8-16)17(9-10-32-22)14-31(2)3/h4-8,11-13,15,17,21-22H,9-10,14H2,1-3H3/t15-,17-,21-,22-/m1/s1. The fourth-order valence-corrected chi connectivity index (χ4v) is 4.24. The van der Waals surface area contributed by atoms with E-state index in [-0.39, 0.29) is 23.5 Å². The van der Waals surface area contributed by atoms with Gasteiger partial charge in [0.15, 0.2) is 6.29 Å². The average molecular weight is 475 g/mol. The van der Waals surface area contributed by atoms with Crippen LogP contribution in [0, 0.1) is 5.92 Å². The van der Waals surface area contributed by atoms with Crippen LogP contribution in [0.4, 0.5) is 26.3 Å². The second-order valence-corrected chi connectivity index (χ2v) is 8.60. The Balaban J connectivity index is 1.93. The number of nitrogens with zero attached hydrogens (tertiary/aromatic N) is 1. The molecule has 0 amide bonds. The Hall–Kier alpha value is -2.10. The maximum absolute atomic E-state index is 13.3. The predicted molar refractivity (Wildman–Crippen MR) is 112 cm³/mol. The molecule has 0 spiro atoms. The van der Waals surface area contributed by atoms with Gasteiger partial charge in [-0.25, -0.2) is 0 Å². The summed E-state index contributed by atoms with van der Waals surface area (Å²) in [6.45, 7) is 2.56. The van der Waals surface area contributed by atoms with Crippen molar-refractivity contribution in [2.45, 2.75) is 44.0 Å². The molecule has 9 heteroatoms. The van der Waals surface area contributed by atoms with Crippen molar-refractivity contribution in [3.05, 3.63) is 70.8 Å². The van der Waals surface area contributed by atoms with E-state index in [1.54, 1.807) is 0 Å². The Kier molecular flexibility index (Phi) is 7.76. The molecule has 0 N–H and O–H groups in total. The molecule has 0 radical (unpaired) electrons. The van der Waals surface area contributed by atoms with Gasteiger partial charge in [-0.3, -0.25) is 0 Å². The van der Waals surface area contributed by atoms with Crippen LogP contribution in [0.1, 0.15) is 47.6 Å². The molecule has 2 aromatic carbocycles. The van der Waals surface area contributed by atoms with E-state index in [1.807, 2.05) is 49.3 Å². The Labute approximate surface area is 189 Å².